The number of ketones is 1. The van der Waals surface area contributed by atoms with Crippen LogP contribution in [0, 0.1) is 0 Å². The van der Waals surface area contributed by atoms with Crippen LogP contribution >= 0.6 is 15.9 Å². The van der Waals surface area contributed by atoms with Gasteiger partial charge < -0.3 is 9.47 Å². The molecule has 2 aromatic carbocycles. The molecule has 0 radical (unpaired) electrons. The molecule has 0 amide bonds. The van der Waals surface area contributed by atoms with Crippen molar-refractivity contribution in [1.29, 1.82) is 0 Å². The van der Waals surface area contributed by atoms with Crippen LogP contribution < -0.4 is 9.47 Å². The van der Waals surface area contributed by atoms with E-state index in [9.17, 15) is 4.79 Å². The van der Waals surface area contributed by atoms with E-state index in [0.29, 0.717) is 6.61 Å². The van der Waals surface area contributed by atoms with Crippen molar-refractivity contribution in [2.45, 2.75) is 0 Å². The Morgan fingerprint density at radius 1 is 0.917 bits per heavy atom. The molecule has 0 N–H and O–H groups in total. The highest BCUT2D eigenvalue weighted by Crippen LogP contribution is 2.14. The quantitative estimate of drug-likeness (QED) is 0.484. The summed E-state index contributed by atoms with van der Waals surface area (Å²) < 4.78 is 10.6. The summed E-state index contributed by atoms with van der Waals surface area (Å²) in [5, 5.41) is 0.795. The fourth-order valence-electron chi connectivity index (χ4n) is 1.96. The minimum Gasteiger partial charge on any atom is -0.497 e. The maximum absolute atomic E-state index is 11.9. The second-order valence-corrected chi connectivity index (χ2v) is 5.74. The number of halogens is 1. The van der Waals surface area contributed by atoms with Crippen LogP contribution in [0.25, 0.3) is 12.2 Å². The Labute approximate surface area is 150 Å². The third kappa shape index (κ3) is 6.05. The van der Waals surface area contributed by atoms with Crippen LogP contribution in [0.1, 0.15) is 11.1 Å². The molecule has 4 heteroatoms. The number of hydrogen-bond donors (Lipinski definition) is 0. The van der Waals surface area contributed by atoms with Crippen LogP contribution in [0.3, 0.4) is 0 Å². The van der Waals surface area contributed by atoms with Gasteiger partial charge in [-0.15, -0.1) is 0 Å². The number of alkyl halides is 1. The summed E-state index contributed by atoms with van der Waals surface area (Å²) in [5.41, 5.74) is 1.90. The van der Waals surface area contributed by atoms with E-state index in [2.05, 4.69) is 15.9 Å². The molecule has 2 aromatic rings. The van der Waals surface area contributed by atoms with Crippen molar-refractivity contribution < 1.29 is 14.3 Å². The van der Waals surface area contributed by atoms with E-state index in [-0.39, 0.29) is 5.78 Å². The van der Waals surface area contributed by atoms with E-state index in [1.54, 1.807) is 31.4 Å². The van der Waals surface area contributed by atoms with Gasteiger partial charge in [0.2, 0.25) is 0 Å². The fourth-order valence-corrected chi connectivity index (χ4v) is 2.12. The number of allylic oxidation sites excluding steroid dienone is 2. The van der Waals surface area contributed by atoms with Gasteiger partial charge in [-0.25, -0.2) is 0 Å². The first-order chi connectivity index (χ1) is 11.7. The predicted octanol–water partition coefficient (Wildman–Crippen LogP) is 4.76. The Balaban J connectivity index is 1.90. The highest BCUT2D eigenvalue weighted by molar-refractivity contribution is 9.09. The average molecular weight is 387 g/mol. The molecular formula is C20H19BrO3. The summed E-state index contributed by atoms with van der Waals surface area (Å²) in [6.07, 6.45) is 6.67. The third-order valence-electron chi connectivity index (χ3n) is 3.22. The Hall–Kier alpha value is -2.33. The molecular weight excluding hydrogens is 368 g/mol. The molecule has 0 saturated carbocycles. The van der Waals surface area contributed by atoms with Gasteiger partial charge in [-0.1, -0.05) is 52.3 Å². The third-order valence-corrected chi connectivity index (χ3v) is 3.55. The molecule has 0 unspecified atom stereocenters. The Kier molecular flexibility index (Phi) is 7.30. The van der Waals surface area contributed by atoms with Gasteiger partial charge in [-0.3, -0.25) is 4.79 Å². The molecule has 0 atom stereocenters. The Morgan fingerprint density at radius 2 is 1.42 bits per heavy atom. The first-order valence-corrected chi connectivity index (χ1v) is 8.66. The van der Waals surface area contributed by atoms with Gasteiger partial charge in [-0.2, -0.15) is 0 Å². The Morgan fingerprint density at radius 3 is 1.88 bits per heavy atom. The van der Waals surface area contributed by atoms with Gasteiger partial charge in [0, 0.05) is 5.33 Å². The van der Waals surface area contributed by atoms with Crippen LogP contribution in [-0.4, -0.2) is 24.8 Å². The smallest absolute Gasteiger partial charge is 0.178 e. The summed E-state index contributed by atoms with van der Waals surface area (Å²) in [5.74, 6) is 1.55. The number of carbonyl (C=O) groups is 1. The molecule has 0 spiro atoms. The zero-order valence-electron chi connectivity index (χ0n) is 13.4. The van der Waals surface area contributed by atoms with Crippen LogP contribution in [-0.2, 0) is 4.79 Å². The van der Waals surface area contributed by atoms with E-state index in [1.165, 1.54) is 0 Å². The lowest BCUT2D eigenvalue weighted by Crippen LogP contribution is -1.97. The molecule has 2 rings (SSSR count). The molecule has 0 aromatic heterocycles. The maximum Gasteiger partial charge on any atom is 0.178 e. The molecule has 0 heterocycles. The monoisotopic (exact) mass is 386 g/mol. The van der Waals surface area contributed by atoms with E-state index in [4.69, 9.17) is 9.47 Å². The van der Waals surface area contributed by atoms with Crippen molar-refractivity contribution in [2.24, 2.45) is 0 Å². The second kappa shape index (κ2) is 9.73. The zero-order valence-corrected chi connectivity index (χ0v) is 15.0. The predicted molar refractivity (Wildman–Crippen MR) is 102 cm³/mol. The molecule has 0 bridgehead atoms. The summed E-state index contributed by atoms with van der Waals surface area (Å²) in [7, 11) is 1.62. The highest BCUT2D eigenvalue weighted by atomic mass is 79.9. The molecule has 24 heavy (non-hydrogen) atoms. The fraction of sp³-hybridized carbons (Fsp3) is 0.150. The van der Waals surface area contributed by atoms with Crippen molar-refractivity contribution in [3.63, 3.8) is 0 Å². The standard InChI is InChI=1S/C20H19BrO3/c1-23-19-10-4-16(5-11-19)2-8-18(22)9-3-17-6-12-20(13-7-17)24-15-14-21/h2-13H,14-15H2,1H3. The molecule has 0 saturated heterocycles. The number of methoxy groups -OCH3 is 1. The lowest BCUT2D eigenvalue weighted by atomic mass is 10.1. The van der Waals surface area contributed by atoms with E-state index < -0.39 is 0 Å². The summed E-state index contributed by atoms with van der Waals surface area (Å²) in [6.45, 7) is 0.629. The number of benzene rings is 2. The molecule has 0 aliphatic rings. The lowest BCUT2D eigenvalue weighted by Gasteiger charge is -2.03. The molecule has 124 valence electrons. The molecule has 0 aliphatic carbocycles. The first-order valence-electron chi connectivity index (χ1n) is 7.54. The summed E-state index contributed by atoms with van der Waals surface area (Å²) in [6, 6.07) is 15.1. The van der Waals surface area contributed by atoms with E-state index >= 15 is 0 Å². The number of rotatable bonds is 8. The van der Waals surface area contributed by atoms with Crippen molar-refractivity contribution in [1.82, 2.24) is 0 Å². The molecule has 0 fully saturated rings. The van der Waals surface area contributed by atoms with Gasteiger partial charge in [0.1, 0.15) is 11.5 Å². The topological polar surface area (TPSA) is 35.5 Å². The van der Waals surface area contributed by atoms with Crippen molar-refractivity contribution >= 4 is 33.9 Å². The second-order valence-electron chi connectivity index (χ2n) is 4.95. The number of ether oxygens (including phenoxy) is 2. The van der Waals surface area contributed by atoms with Crippen LogP contribution in [0.4, 0.5) is 0 Å². The van der Waals surface area contributed by atoms with Gasteiger partial charge in [0.05, 0.1) is 13.7 Å². The van der Waals surface area contributed by atoms with Crippen molar-refractivity contribution in [2.75, 3.05) is 19.0 Å². The van der Waals surface area contributed by atoms with E-state index in [1.807, 2.05) is 48.5 Å². The van der Waals surface area contributed by atoms with Gasteiger partial charge in [0.15, 0.2) is 5.78 Å². The normalized spacial score (nSPS) is 11.1. The average Bonchev–Trinajstić information content (AvgIpc) is 2.64. The summed E-state index contributed by atoms with van der Waals surface area (Å²) >= 11 is 3.31. The highest BCUT2D eigenvalue weighted by Gasteiger charge is 1.95. The van der Waals surface area contributed by atoms with Gasteiger partial charge >= 0.3 is 0 Å². The van der Waals surface area contributed by atoms with Gasteiger partial charge in [-0.05, 0) is 47.5 Å². The maximum atomic E-state index is 11.9. The molecule has 0 aliphatic heterocycles. The minimum atomic E-state index is -0.0644. The minimum absolute atomic E-state index is 0.0644. The van der Waals surface area contributed by atoms with E-state index in [0.717, 1.165) is 28.0 Å². The first kappa shape index (κ1) is 18.0. The van der Waals surface area contributed by atoms with Crippen molar-refractivity contribution in [3.05, 3.63) is 71.8 Å². The SMILES string of the molecule is COc1ccc(C=CC(=O)C=Cc2ccc(OCCBr)cc2)cc1. The Bertz CT molecular complexity index is 701. The lowest BCUT2D eigenvalue weighted by molar-refractivity contribution is -0.110. The van der Waals surface area contributed by atoms with Crippen LogP contribution in [0.2, 0.25) is 0 Å². The summed E-state index contributed by atoms with van der Waals surface area (Å²) in [4.78, 5) is 11.9. The number of carbonyl (C=O) groups excluding carboxylic acids is 1. The van der Waals surface area contributed by atoms with Crippen LogP contribution in [0.15, 0.2) is 60.7 Å². The van der Waals surface area contributed by atoms with Crippen molar-refractivity contribution in [3.8, 4) is 11.5 Å². The largest absolute Gasteiger partial charge is 0.497 e. The van der Waals surface area contributed by atoms with Gasteiger partial charge in [0.25, 0.3) is 0 Å². The number of hydrogen-bond acceptors (Lipinski definition) is 3. The molecule has 3 nitrogen and oxygen atoms in total. The zero-order chi connectivity index (χ0) is 17.2. The van der Waals surface area contributed by atoms with Crippen LogP contribution in [0.5, 0.6) is 11.5 Å².